The molecule has 1 amide bonds. The number of carbonyl (C=O) groups is 1. The molecule has 0 aromatic rings. The van der Waals surface area contributed by atoms with Gasteiger partial charge in [0.15, 0.2) is 6.29 Å². The van der Waals surface area contributed by atoms with E-state index in [4.69, 9.17) is 9.47 Å². The van der Waals surface area contributed by atoms with Crippen molar-refractivity contribution in [1.29, 1.82) is 0 Å². The van der Waals surface area contributed by atoms with Crippen LogP contribution in [0.5, 0.6) is 0 Å². The zero-order valence-corrected chi connectivity index (χ0v) is 37.2. The fraction of sp³-hybridized carbons (Fsp3) is 0.844. The molecule has 59 heavy (non-hydrogen) atoms. The predicted octanol–water partition coefficient (Wildman–Crippen LogP) is 7.69. The first-order valence-electron chi connectivity index (χ1n) is 23.0. The molecular formula is C45H83NO12S. The summed E-state index contributed by atoms with van der Waals surface area (Å²) >= 11 is 0. The average Bonchev–Trinajstić information content (AvgIpc) is 3.20. The highest BCUT2D eigenvalue weighted by molar-refractivity contribution is 7.80. The van der Waals surface area contributed by atoms with Gasteiger partial charge in [0, 0.05) is 0 Å². The quantitative estimate of drug-likeness (QED) is 0.0181. The molecule has 1 heterocycles. The number of nitrogens with one attached hydrogen (secondary N) is 1. The van der Waals surface area contributed by atoms with E-state index in [1.165, 1.54) is 89.5 Å². The zero-order chi connectivity index (χ0) is 43.6. The maximum atomic E-state index is 13.1. The number of hydrogen-bond donors (Lipinski definition) is 7. The largest absolute Gasteiger partial charge is 0.397 e. The van der Waals surface area contributed by atoms with Crippen LogP contribution < -0.4 is 5.32 Å². The summed E-state index contributed by atoms with van der Waals surface area (Å²) in [6, 6.07) is -1.14. The van der Waals surface area contributed by atoms with E-state index >= 15 is 0 Å². The number of aliphatic hydroxyl groups excluding tert-OH is 5. The second-order valence-corrected chi connectivity index (χ2v) is 17.2. The van der Waals surface area contributed by atoms with Crippen molar-refractivity contribution in [2.75, 3.05) is 13.2 Å². The first-order chi connectivity index (χ1) is 28.4. The van der Waals surface area contributed by atoms with Gasteiger partial charge in [0.25, 0.3) is 0 Å². The van der Waals surface area contributed by atoms with Crippen LogP contribution in [0, 0.1) is 0 Å². The van der Waals surface area contributed by atoms with E-state index < -0.39 is 78.5 Å². The monoisotopic (exact) mass is 862 g/mol. The summed E-state index contributed by atoms with van der Waals surface area (Å²) in [7, 11) is -5.12. The predicted molar refractivity (Wildman–Crippen MR) is 233 cm³/mol. The van der Waals surface area contributed by atoms with E-state index in [2.05, 4.69) is 47.7 Å². The summed E-state index contributed by atoms with van der Waals surface area (Å²) < 4.78 is 47.5. The molecule has 346 valence electrons. The van der Waals surface area contributed by atoms with E-state index in [0.717, 1.165) is 64.2 Å². The maximum absolute atomic E-state index is 13.1. The normalized spacial score (nSPS) is 21.8. The van der Waals surface area contributed by atoms with Gasteiger partial charge in [-0.25, -0.2) is 4.18 Å². The van der Waals surface area contributed by atoms with Crippen LogP contribution in [-0.4, -0.2) is 107 Å². The number of allylic oxidation sites excluding steroid dienone is 5. The van der Waals surface area contributed by atoms with Crippen LogP contribution in [0.4, 0.5) is 0 Å². The van der Waals surface area contributed by atoms with Crippen LogP contribution in [0.1, 0.15) is 181 Å². The van der Waals surface area contributed by atoms with Crippen molar-refractivity contribution in [2.24, 2.45) is 0 Å². The summed E-state index contributed by atoms with van der Waals surface area (Å²) in [5.74, 6) is -0.719. The molecule has 1 aliphatic rings. The number of aliphatic hydroxyl groups is 5. The van der Waals surface area contributed by atoms with Crippen molar-refractivity contribution in [1.82, 2.24) is 5.32 Å². The number of unbranched alkanes of at least 4 members (excludes halogenated alkanes) is 21. The highest BCUT2D eigenvalue weighted by Gasteiger charge is 2.48. The second-order valence-electron chi connectivity index (χ2n) is 16.1. The van der Waals surface area contributed by atoms with Gasteiger partial charge in [0.05, 0.1) is 25.4 Å². The van der Waals surface area contributed by atoms with Crippen LogP contribution in [0.25, 0.3) is 0 Å². The van der Waals surface area contributed by atoms with Crippen molar-refractivity contribution in [3.63, 3.8) is 0 Å². The molecule has 1 saturated heterocycles. The van der Waals surface area contributed by atoms with Crippen molar-refractivity contribution >= 4 is 16.3 Å². The minimum Gasteiger partial charge on any atom is -0.394 e. The Kier molecular flexibility index (Phi) is 33.6. The molecule has 8 unspecified atom stereocenters. The molecule has 0 aromatic carbocycles. The van der Waals surface area contributed by atoms with E-state index in [0.29, 0.717) is 12.8 Å². The van der Waals surface area contributed by atoms with E-state index in [9.17, 15) is 43.3 Å². The Labute approximate surface area is 357 Å². The molecule has 1 aliphatic heterocycles. The third-order valence-corrected chi connectivity index (χ3v) is 11.2. The van der Waals surface area contributed by atoms with Crippen molar-refractivity contribution in [3.05, 3.63) is 36.5 Å². The Morgan fingerprint density at radius 2 is 1.14 bits per heavy atom. The summed E-state index contributed by atoms with van der Waals surface area (Å²) in [4.78, 5) is 13.1. The van der Waals surface area contributed by atoms with Gasteiger partial charge in [-0.1, -0.05) is 159 Å². The molecule has 14 heteroatoms. The lowest BCUT2D eigenvalue weighted by Gasteiger charge is -2.41. The lowest BCUT2D eigenvalue weighted by molar-refractivity contribution is -0.298. The third-order valence-electron chi connectivity index (χ3n) is 10.8. The highest BCUT2D eigenvalue weighted by atomic mass is 32.3. The first-order valence-corrected chi connectivity index (χ1v) is 24.3. The van der Waals surface area contributed by atoms with Gasteiger partial charge in [0.1, 0.15) is 30.5 Å². The third kappa shape index (κ3) is 28.5. The minimum absolute atomic E-state index is 0.229. The summed E-state index contributed by atoms with van der Waals surface area (Å²) in [6.45, 7) is 3.17. The van der Waals surface area contributed by atoms with E-state index in [-0.39, 0.29) is 6.42 Å². The van der Waals surface area contributed by atoms with Crippen LogP contribution in [0.2, 0.25) is 0 Å². The van der Waals surface area contributed by atoms with Gasteiger partial charge in [-0.2, -0.15) is 8.42 Å². The SMILES string of the molecule is CCCCCC/C=C\CCCCCCCCC(O)C(=O)NC(COC1OC(CO)C(O)C(OS(=O)(=O)O)C1O)C(O)/C=C/CC/C=C/CCCCCCCCCCCC. The van der Waals surface area contributed by atoms with Gasteiger partial charge in [0.2, 0.25) is 5.91 Å². The number of carbonyl (C=O) groups excluding carboxylic acids is 1. The summed E-state index contributed by atoms with van der Waals surface area (Å²) in [5.41, 5.74) is 0. The summed E-state index contributed by atoms with van der Waals surface area (Å²) in [6.07, 6.45) is 29.4. The minimum atomic E-state index is -5.12. The fourth-order valence-corrected chi connectivity index (χ4v) is 7.57. The van der Waals surface area contributed by atoms with Crippen molar-refractivity contribution < 1.29 is 57.0 Å². The van der Waals surface area contributed by atoms with Gasteiger partial charge in [-0.05, 0) is 57.8 Å². The van der Waals surface area contributed by atoms with Crippen LogP contribution >= 0.6 is 0 Å². The molecule has 13 nitrogen and oxygen atoms in total. The number of rotatable bonds is 38. The van der Waals surface area contributed by atoms with Crippen LogP contribution in [0.15, 0.2) is 36.5 Å². The zero-order valence-electron chi connectivity index (χ0n) is 36.4. The summed E-state index contributed by atoms with van der Waals surface area (Å²) in [5, 5.41) is 55.1. The molecule has 0 bridgehead atoms. The molecular weight excluding hydrogens is 779 g/mol. The fourth-order valence-electron chi connectivity index (χ4n) is 7.06. The van der Waals surface area contributed by atoms with Crippen molar-refractivity contribution in [2.45, 2.75) is 230 Å². The standard InChI is InChI=1S/C45H83NO12S/c1-3-5-7-9-11-13-15-17-19-20-22-23-25-27-29-31-33-38(48)37(36-56-45-42(51)43(58-59(53,54)55)41(50)40(35-47)57-45)46-44(52)39(49)34-32-30-28-26-24-21-18-16-14-12-10-8-6-4-2/h14,16,23,25,31,33,37-43,45,47-51H,3-13,15,17-22,24,26-30,32,34-36H2,1-2H3,(H,46,52)(H,53,54,55)/b16-14-,25-23+,33-31+. The van der Waals surface area contributed by atoms with Crippen LogP contribution in [0.3, 0.4) is 0 Å². The van der Waals surface area contributed by atoms with E-state index in [1.807, 2.05) is 0 Å². The lowest BCUT2D eigenvalue weighted by atomic mass is 9.99. The Hall–Kier alpha value is -1.72. The molecule has 0 spiro atoms. The smallest absolute Gasteiger partial charge is 0.394 e. The molecule has 1 fully saturated rings. The Bertz CT molecular complexity index is 1220. The second kappa shape index (κ2) is 35.8. The Morgan fingerprint density at radius 3 is 1.64 bits per heavy atom. The molecule has 0 radical (unpaired) electrons. The maximum Gasteiger partial charge on any atom is 0.397 e. The first kappa shape index (κ1) is 55.3. The highest BCUT2D eigenvalue weighted by Crippen LogP contribution is 2.26. The topological polar surface area (TPSA) is 212 Å². The molecule has 8 atom stereocenters. The van der Waals surface area contributed by atoms with E-state index in [1.54, 1.807) is 6.08 Å². The molecule has 1 rings (SSSR count). The molecule has 0 saturated carbocycles. The molecule has 0 aromatic heterocycles. The number of ether oxygens (including phenoxy) is 2. The molecule has 0 aliphatic carbocycles. The van der Waals surface area contributed by atoms with Gasteiger partial charge in [-0.15, -0.1) is 0 Å². The average molecular weight is 862 g/mol. The Morgan fingerprint density at radius 1 is 0.678 bits per heavy atom. The van der Waals surface area contributed by atoms with Crippen molar-refractivity contribution in [3.8, 4) is 0 Å². The Balaban J connectivity index is 2.64. The molecule has 7 N–H and O–H groups in total. The van der Waals surface area contributed by atoms with Gasteiger partial charge < -0.3 is 40.3 Å². The number of amides is 1. The van der Waals surface area contributed by atoms with Gasteiger partial charge in [-0.3, -0.25) is 9.35 Å². The van der Waals surface area contributed by atoms with Gasteiger partial charge >= 0.3 is 10.4 Å². The van der Waals surface area contributed by atoms with Crippen LogP contribution in [-0.2, 0) is 28.9 Å². The number of hydrogen-bond acceptors (Lipinski definition) is 11. The lowest BCUT2D eigenvalue weighted by Crippen LogP contribution is -2.61.